The van der Waals surface area contributed by atoms with Crippen molar-refractivity contribution in [2.75, 3.05) is 10.6 Å². The van der Waals surface area contributed by atoms with E-state index in [2.05, 4.69) is 20.7 Å². The molecule has 0 spiro atoms. The van der Waals surface area contributed by atoms with Crippen LogP contribution in [0.5, 0.6) is 0 Å². The molecule has 29 heavy (non-hydrogen) atoms. The fourth-order valence-corrected chi connectivity index (χ4v) is 3.04. The van der Waals surface area contributed by atoms with E-state index < -0.39 is 16.9 Å². The van der Waals surface area contributed by atoms with Gasteiger partial charge in [-0.3, -0.25) is 25.0 Å². The van der Waals surface area contributed by atoms with Crippen LogP contribution in [0.3, 0.4) is 0 Å². The average molecular weight is 413 g/mol. The van der Waals surface area contributed by atoms with E-state index in [1.807, 2.05) is 0 Å². The fourth-order valence-electron chi connectivity index (χ4n) is 2.91. The maximum atomic E-state index is 12.8. The van der Waals surface area contributed by atoms with Gasteiger partial charge in [0.25, 0.3) is 5.69 Å². The number of nitrogens with zero attached hydrogens (tertiary/aromatic N) is 4. The van der Waals surface area contributed by atoms with E-state index in [9.17, 15) is 19.7 Å². The Hall–Kier alpha value is -3.79. The third-order valence-electron chi connectivity index (χ3n) is 4.29. The van der Waals surface area contributed by atoms with Crippen LogP contribution in [0, 0.1) is 10.1 Å². The molecule has 3 aromatic rings. The van der Waals surface area contributed by atoms with Crippen molar-refractivity contribution in [1.82, 2.24) is 14.8 Å². The lowest BCUT2D eigenvalue weighted by Gasteiger charge is -2.22. The summed E-state index contributed by atoms with van der Waals surface area (Å²) in [7, 11) is 0. The largest absolute Gasteiger partial charge is 0.324 e. The molecule has 2 N–H and O–H groups in total. The normalized spacial score (nSPS) is 15.3. The molecule has 0 aliphatic carbocycles. The molecule has 1 atom stereocenters. The van der Waals surface area contributed by atoms with Crippen molar-refractivity contribution in [2.45, 2.75) is 12.5 Å². The van der Waals surface area contributed by atoms with Gasteiger partial charge >= 0.3 is 0 Å². The number of hydrogen-bond donors (Lipinski definition) is 2. The highest BCUT2D eigenvalue weighted by Crippen LogP contribution is 2.28. The molecule has 1 aliphatic rings. The second-order valence-electron chi connectivity index (χ2n) is 6.28. The molecule has 1 aromatic heterocycles. The summed E-state index contributed by atoms with van der Waals surface area (Å²) in [5, 5.41) is 21.0. The van der Waals surface area contributed by atoms with Crippen LogP contribution in [0.2, 0.25) is 5.02 Å². The third-order valence-corrected chi connectivity index (χ3v) is 4.54. The van der Waals surface area contributed by atoms with Gasteiger partial charge in [-0.05, 0) is 30.3 Å². The summed E-state index contributed by atoms with van der Waals surface area (Å²) in [5.74, 6) is -0.446. The van der Waals surface area contributed by atoms with Crippen LogP contribution in [0.15, 0.2) is 48.5 Å². The van der Waals surface area contributed by atoms with Crippen LogP contribution in [-0.2, 0) is 9.59 Å². The molecule has 0 saturated carbocycles. The summed E-state index contributed by atoms with van der Waals surface area (Å²) in [6.07, 6.45) is -0.142. The number of carbonyl (C=O) groups is 2. The number of hydrogen-bond acceptors (Lipinski definition) is 6. The standard InChI is InChI=1S/C18H13ClN6O4/c19-11-6-4-10(5-7-11)16-22-18-21-15(26)9-14(24(18)23-16)17(27)20-12-2-1-3-13(8-12)25(28)29/h1-8,14H,9H2,(H,20,27)(H,21,22,23,26)/t14-/m0/s1. The van der Waals surface area contributed by atoms with Crippen molar-refractivity contribution in [3.05, 3.63) is 63.7 Å². The lowest BCUT2D eigenvalue weighted by Crippen LogP contribution is -2.36. The zero-order valence-corrected chi connectivity index (χ0v) is 15.5. The minimum atomic E-state index is -0.952. The van der Waals surface area contributed by atoms with E-state index in [1.54, 1.807) is 24.3 Å². The van der Waals surface area contributed by atoms with Crippen molar-refractivity contribution < 1.29 is 14.5 Å². The third kappa shape index (κ3) is 3.78. The lowest BCUT2D eigenvalue weighted by atomic mass is 10.1. The summed E-state index contributed by atoms with van der Waals surface area (Å²) < 4.78 is 1.33. The van der Waals surface area contributed by atoms with Gasteiger partial charge in [-0.15, -0.1) is 5.10 Å². The molecule has 0 fully saturated rings. The zero-order valence-electron chi connectivity index (χ0n) is 14.7. The minimum Gasteiger partial charge on any atom is -0.324 e. The Bertz CT molecular complexity index is 1130. The Morgan fingerprint density at radius 3 is 2.76 bits per heavy atom. The van der Waals surface area contributed by atoms with Gasteiger partial charge in [-0.2, -0.15) is 4.98 Å². The number of anilines is 2. The van der Waals surface area contributed by atoms with Gasteiger partial charge in [0.2, 0.25) is 17.8 Å². The summed E-state index contributed by atoms with van der Waals surface area (Å²) in [5.41, 5.74) is 0.758. The Labute approximate surface area is 168 Å². The number of non-ortho nitro benzene ring substituents is 1. The number of nitrogens with one attached hydrogen (secondary N) is 2. The molecule has 0 bridgehead atoms. The molecule has 2 aromatic carbocycles. The molecule has 0 unspecified atom stereocenters. The van der Waals surface area contributed by atoms with Crippen LogP contribution in [0.25, 0.3) is 11.4 Å². The van der Waals surface area contributed by atoms with E-state index in [4.69, 9.17) is 11.6 Å². The average Bonchev–Trinajstić information content (AvgIpc) is 3.11. The van der Waals surface area contributed by atoms with Crippen molar-refractivity contribution in [3.63, 3.8) is 0 Å². The summed E-state index contributed by atoms with van der Waals surface area (Å²) in [6, 6.07) is 11.4. The monoisotopic (exact) mass is 412 g/mol. The van der Waals surface area contributed by atoms with Crippen LogP contribution >= 0.6 is 11.6 Å². The first kappa shape index (κ1) is 18.6. The van der Waals surface area contributed by atoms with Gasteiger partial charge in [0.05, 0.1) is 11.3 Å². The predicted molar refractivity (Wildman–Crippen MR) is 104 cm³/mol. The number of benzene rings is 2. The molecule has 4 rings (SSSR count). The Morgan fingerprint density at radius 1 is 1.28 bits per heavy atom. The van der Waals surface area contributed by atoms with Gasteiger partial charge in [-0.1, -0.05) is 17.7 Å². The lowest BCUT2D eigenvalue weighted by molar-refractivity contribution is -0.384. The van der Waals surface area contributed by atoms with E-state index in [-0.39, 0.29) is 29.7 Å². The molecule has 146 valence electrons. The number of fused-ring (bicyclic) bond motifs is 1. The van der Waals surface area contributed by atoms with E-state index >= 15 is 0 Å². The van der Waals surface area contributed by atoms with Gasteiger partial charge in [0, 0.05) is 28.4 Å². The highest BCUT2D eigenvalue weighted by Gasteiger charge is 2.33. The maximum absolute atomic E-state index is 12.8. The maximum Gasteiger partial charge on any atom is 0.271 e. The molecular weight excluding hydrogens is 400 g/mol. The van der Waals surface area contributed by atoms with Crippen LogP contribution in [0.1, 0.15) is 12.5 Å². The summed E-state index contributed by atoms with van der Waals surface area (Å²) in [6.45, 7) is 0. The van der Waals surface area contributed by atoms with Gasteiger partial charge in [0.1, 0.15) is 6.04 Å². The molecule has 2 amide bonds. The van der Waals surface area contributed by atoms with Crippen molar-refractivity contribution >= 4 is 40.7 Å². The first-order valence-electron chi connectivity index (χ1n) is 8.48. The Morgan fingerprint density at radius 2 is 2.03 bits per heavy atom. The van der Waals surface area contributed by atoms with Crippen molar-refractivity contribution in [1.29, 1.82) is 0 Å². The summed E-state index contributed by atoms with van der Waals surface area (Å²) >= 11 is 5.89. The number of carbonyl (C=O) groups excluding carboxylic acids is 2. The number of rotatable bonds is 4. The number of amides is 2. The molecule has 0 saturated heterocycles. The number of nitro groups is 1. The molecule has 10 nitrogen and oxygen atoms in total. The molecule has 2 heterocycles. The molecule has 0 radical (unpaired) electrons. The number of aromatic nitrogens is 3. The van der Waals surface area contributed by atoms with Crippen molar-refractivity contribution in [2.24, 2.45) is 0 Å². The molecule has 11 heteroatoms. The highest BCUT2D eigenvalue weighted by molar-refractivity contribution is 6.30. The minimum absolute atomic E-state index is 0.142. The molecular formula is C18H13ClN6O4. The smallest absolute Gasteiger partial charge is 0.271 e. The molecule has 1 aliphatic heterocycles. The second kappa shape index (κ2) is 7.32. The van der Waals surface area contributed by atoms with Gasteiger partial charge < -0.3 is 5.32 Å². The van der Waals surface area contributed by atoms with E-state index in [1.165, 1.54) is 28.9 Å². The van der Waals surface area contributed by atoms with E-state index in [0.29, 0.717) is 16.4 Å². The van der Waals surface area contributed by atoms with Crippen molar-refractivity contribution in [3.8, 4) is 11.4 Å². The Balaban J connectivity index is 1.63. The van der Waals surface area contributed by atoms with E-state index in [0.717, 1.165) is 0 Å². The first-order chi connectivity index (χ1) is 13.9. The summed E-state index contributed by atoms with van der Waals surface area (Å²) in [4.78, 5) is 39.5. The first-order valence-corrected chi connectivity index (χ1v) is 8.86. The number of halogens is 1. The highest BCUT2D eigenvalue weighted by atomic mass is 35.5. The fraction of sp³-hybridized carbons (Fsp3) is 0.111. The SMILES string of the molecule is O=C1C[C@@H](C(=O)Nc2cccc([N+](=O)[O-])c2)n2nc(-c3ccc(Cl)cc3)nc2N1. The second-order valence-corrected chi connectivity index (χ2v) is 6.71. The van der Waals surface area contributed by atoms with Gasteiger partial charge in [-0.25, -0.2) is 4.68 Å². The van der Waals surface area contributed by atoms with Crippen LogP contribution < -0.4 is 10.6 Å². The quantitative estimate of drug-likeness (QED) is 0.500. The zero-order chi connectivity index (χ0) is 20.5. The Kier molecular flexibility index (Phi) is 4.69. The van der Waals surface area contributed by atoms with Gasteiger partial charge in [0.15, 0.2) is 5.82 Å². The van der Waals surface area contributed by atoms with Crippen LogP contribution in [-0.4, -0.2) is 31.5 Å². The topological polar surface area (TPSA) is 132 Å². The number of nitro benzene ring substituents is 1. The van der Waals surface area contributed by atoms with Crippen LogP contribution in [0.4, 0.5) is 17.3 Å². The predicted octanol–water partition coefficient (Wildman–Crippen LogP) is 3.03.